The lowest BCUT2D eigenvalue weighted by atomic mass is 10.00. The lowest BCUT2D eigenvalue weighted by Gasteiger charge is -2.25. The van der Waals surface area contributed by atoms with Crippen LogP contribution in [0.3, 0.4) is 0 Å². The van der Waals surface area contributed by atoms with Crippen LogP contribution < -0.4 is 11.1 Å². The Bertz CT molecular complexity index is 1130. The number of carbonyl (C=O) groups is 3. The van der Waals surface area contributed by atoms with E-state index in [-0.39, 0.29) is 31.7 Å². The quantitative estimate of drug-likeness (QED) is 0.458. The van der Waals surface area contributed by atoms with E-state index in [1.54, 1.807) is 6.07 Å². The van der Waals surface area contributed by atoms with Crippen LogP contribution in [0.5, 0.6) is 0 Å². The van der Waals surface area contributed by atoms with Crippen molar-refractivity contribution in [3.05, 3.63) is 78.2 Å². The highest BCUT2D eigenvalue weighted by atomic mass is 16.5. The van der Waals surface area contributed by atoms with Crippen LogP contribution in [0.2, 0.25) is 0 Å². The molecule has 0 aliphatic carbocycles. The molecule has 9 nitrogen and oxygen atoms in total. The van der Waals surface area contributed by atoms with E-state index in [2.05, 4.69) is 10.5 Å². The van der Waals surface area contributed by atoms with Crippen LogP contribution in [-0.2, 0) is 27.2 Å². The Kier molecular flexibility index (Phi) is 7.03. The number of nitrogens with one attached hydrogen (secondary N) is 1. The lowest BCUT2D eigenvalue weighted by Crippen LogP contribution is -2.53. The van der Waals surface area contributed by atoms with Crippen molar-refractivity contribution in [1.82, 2.24) is 15.4 Å². The SMILES string of the molecule is NC(=O)[C@@H](Cc1ccc(-c2ccccc2)cc1)NC(=O)[C@@H]1C[C@@H](O)CN1C(=O)Cc1ccon1. The largest absolute Gasteiger partial charge is 0.391 e. The highest BCUT2D eigenvalue weighted by molar-refractivity contribution is 5.92. The second-order valence-corrected chi connectivity index (χ2v) is 8.35. The summed E-state index contributed by atoms with van der Waals surface area (Å²) in [5.41, 5.74) is 8.93. The Morgan fingerprint density at radius 3 is 2.44 bits per heavy atom. The molecule has 1 fully saturated rings. The number of hydrogen-bond acceptors (Lipinski definition) is 6. The number of aliphatic hydroxyl groups is 1. The molecule has 0 bridgehead atoms. The highest BCUT2D eigenvalue weighted by Crippen LogP contribution is 2.21. The third-order valence-electron chi connectivity index (χ3n) is 5.89. The molecule has 9 heteroatoms. The van der Waals surface area contributed by atoms with Crippen molar-refractivity contribution in [2.24, 2.45) is 5.73 Å². The second-order valence-electron chi connectivity index (χ2n) is 8.35. The number of hydrogen-bond donors (Lipinski definition) is 3. The maximum absolute atomic E-state index is 13.0. The van der Waals surface area contributed by atoms with E-state index in [4.69, 9.17) is 10.3 Å². The van der Waals surface area contributed by atoms with Crippen LogP contribution in [-0.4, -0.2) is 57.6 Å². The summed E-state index contributed by atoms with van der Waals surface area (Å²) in [6.07, 6.45) is 0.746. The van der Waals surface area contributed by atoms with E-state index in [9.17, 15) is 19.5 Å². The number of aliphatic hydroxyl groups excluding tert-OH is 1. The first-order chi connectivity index (χ1) is 16.4. The molecule has 3 amide bonds. The first kappa shape index (κ1) is 23.2. The van der Waals surface area contributed by atoms with Gasteiger partial charge in [-0.2, -0.15) is 0 Å². The number of nitrogens with zero attached hydrogens (tertiary/aromatic N) is 2. The zero-order valence-electron chi connectivity index (χ0n) is 18.5. The summed E-state index contributed by atoms with van der Waals surface area (Å²) in [6.45, 7) is 0.0248. The van der Waals surface area contributed by atoms with Gasteiger partial charge < -0.3 is 25.6 Å². The summed E-state index contributed by atoms with van der Waals surface area (Å²) in [5.74, 6) is -1.58. The van der Waals surface area contributed by atoms with Crippen molar-refractivity contribution in [3.63, 3.8) is 0 Å². The number of nitrogens with two attached hydrogens (primary N) is 1. The Balaban J connectivity index is 1.42. The number of carbonyl (C=O) groups excluding carboxylic acids is 3. The molecule has 34 heavy (non-hydrogen) atoms. The van der Waals surface area contributed by atoms with Gasteiger partial charge in [0.05, 0.1) is 18.2 Å². The number of β-amino-alcohol motifs (C(OH)–C–C–N with tert-alkyl or cyclic N) is 1. The summed E-state index contributed by atoms with van der Waals surface area (Å²) in [5, 5.41) is 16.5. The number of aromatic nitrogens is 1. The van der Waals surface area contributed by atoms with Crippen LogP contribution in [0.4, 0.5) is 0 Å². The minimum atomic E-state index is -0.958. The van der Waals surface area contributed by atoms with Crippen molar-refractivity contribution in [2.75, 3.05) is 6.54 Å². The zero-order chi connectivity index (χ0) is 24.1. The first-order valence-electron chi connectivity index (χ1n) is 11.0. The molecule has 2 heterocycles. The molecule has 1 aliphatic heterocycles. The fourth-order valence-electron chi connectivity index (χ4n) is 4.11. The minimum Gasteiger partial charge on any atom is -0.391 e. The summed E-state index contributed by atoms with van der Waals surface area (Å²) in [7, 11) is 0. The number of rotatable bonds is 8. The molecule has 0 spiro atoms. The Morgan fingerprint density at radius 2 is 1.79 bits per heavy atom. The van der Waals surface area contributed by atoms with E-state index in [0.717, 1.165) is 16.7 Å². The van der Waals surface area contributed by atoms with Gasteiger partial charge >= 0.3 is 0 Å². The number of benzene rings is 2. The maximum Gasteiger partial charge on any atom is 0.243 e. The van der Waals surface area contributed by atoms with Gasteiger partial charge in [0.1, 0.15) is 18.3 Å². The van der Waals surface area contributed by atoms with Gasteiger partial charge in [-0.3, -0.25) is 14.4 Å². The second kappa shape index (κ2) is 10.3. The molecule has 0 unspecified atom stereocenters. The molecule has 3 atom stereocenters. The van der Waals surface area contributed by atoms with Gasteiger partial charge in [-0.1, -0.05) is 59.8 Å². The molecule has 176 valence electrons. The predicted octanol–water partition coefficient (Wildman–Crippen LogP) is 1.06. The molecule has 1 aromatic heterocycles. The fourth-order valence-corrected chi connectivity index (χ4v) is 4.11. The molecule has 1 saturated heterocycles. The number of likely N-dealkylation sites (tertiary alicyclic amines) is 1. The van der Waals surface area contributed by atoms with Crippen molar-refractivity contribution >= 4 is 17.7 Å². The Hall–Kier alpha value is -3.98. The van der Waals surface area contributed by atoms with Crippen molar-refractivity contribution in [2.45, 2.75) is 37.5 Å². The third-order valence-corrected chi connectivity index (χ3v) is 5.89. The molecule has 0 saturated carbocycles. The van der Waals surface area contributed by atoms with Crippen molar-refractivity contribution < 1.29 is 24.0 Å². The molecule has 1 aliphatic rings. The van der Waals surface area contributed by atoms with Gasteiger partial charge in [-0.25, -0.2) is 0 Å². The smallest absolute Gasteiger partial charge is 0.243 e. The summed E-state index contributed by atoms with van der Waals surface area (Å²) < 4.78 is 4.74. The average Bonchev–Trinajstić information content (AvgIpc) is 3.49. The predicted molar refractivity (Wildman–Crippen MR) is 123 cm³/mol. The standard InChI is InChI=1S/C25H26N4O5/c26-24(32)21(12-16-6-8-18(9-7-16)17-4-2-1-3-5-17)27-25(33)22-14-20(30)15-29(22)23(31)13-19-10-11-34-28-19/h1-11,20-22,30H,12-15H2,(H2,26,32)(H,27,33)/t20-,21-,22+/m1/s1. The van der Waals surface area contributed by atoms with Gasteiger partial charge in [-0.05, 0) is 16.7 Å². The fraction of sp³-hybridized carbons (Fsp3) is 0.280. The van der Waals surface area contributed by atoms with Crippen LogP contribution in [0.25, 0.3) is 11.1 Å². The van der Waals surface area contributed by atoms with E-state index in [0.29, 0.717) is 5.69 Å². The maximum atomic E-state index is 13.0. The molecule has 4 rings (SSSR count). The number of amides is 3. The third kappa shape index (κ3) is 5.49. The van der Waals surface area contributed by atoms with Gasteiger partial charge in [0, 0.05) is 25.5 Å². The van der Waals surface area contributed by atoms with Gasteiger partial charge in [0.2, 0.25) is 17.7 Å². The van der Waals surface area contributed by atoms with E-state index >= 15 is 0 Å². The van der Waals surface area contributed by atoms with Crippen LogP contribution in [0.1, 0.15) is 17.7 Å². The summed E-state index contributed by atoms with van der Waals surface area (Å²) in [6, 6.07) is 17.2. The van der Waals surface area contributed by atoms with Gasteiger partial charge in [-0.15, -0.1) is 0 Å². The monoisotopic (exact) mass is 462 g/mol. The van der Waals surface area contributed by atoms with Crippen molar-refractivity contribution in [1.29, 1.82) is 0 Å². The van der Waals surface area contributed by atoms with Crippen molar-refractivity contribution in [3.8, 4) is 11.1 Å². The normalized spacial score (nSPS) is 18.4. The minimum absolute atomic E-state index is 0.0248. The molecule has 2 aromatic carbocycles. The van der Waals surface area contributed by atoms with E-state index in [1.807, 2.05) is 54.6 Å². The van der Waals surface area contributed by atoms with Gasteiger partial charge in [0.15, 0.2) is 0 Å². The summed E-state index contributed by atoms with van der Waals surface area (Å²) in [4.78, 5) is 39.1. The lowest BCUT2D eigenvalue weighted by molar-refractivity contribution is -0.139. The van der Waals surface area contributed by atoms with Crippen LogP contribution in [0, 0.1) is 0 Å². The average molecular weight is 463 g/mol. The van der Waals surface area contributed by atoms with E-state index < -0.39 is 30.0 Å². The van der Waals surface area contributed by atoms with Crippen LogP contribution >= 0.6 is 0 Å². The Morgan fingerprint density at radius 1 is 1.09 bits per heavy atom. The molecule has 3 aromatic rings. The molecular weight excluding hydrogens is 436 g/mol. The Labute approximate surface area is 196 Å². The zero-order valence-corrected chi connectivity index (χ0v) is 18.5. The van der Waals surface area contributed by atoms with Crippen LogP contribution in [0.15, 0.2) is 71.4 Å². The highest BCUT2D eigenvalue weighted by Gasteiger charge is 2.39. The van der Waals surface area contributed by atoms with E-state index in [1.165, 1.54) is 11.2 Å². The molecular formula is C25H26N4O5. The number of primary amides is 1. The first-order valence-corrected chi connectivity index (χ1v) is 11.0. The van der Waals surface area contributed by atoms with Gasteiger partial charge in [0.25, 0.3) is 0 Å². The summed E-state index contributed by atoms with van der Waals surface area (Å²) >= 11 is 0. The molecule has 0 radical (unpaired) electrons. The molecule has 4 N–H and O–H groups in total. The topological polar surface area (TPSA) is 139 Å².